The Bertz CT molecular complexity index is 506. The highest BCUT2D eigenvalue weighted by Crippen LogP contribution is 2.30. The van der Waals surface area contributed by atoms with Crippen LogP contribution in [0.1, 0.15) is 18.0 Å². The van der Waals surface area contributed by atoms with Gasteiger partial charge in [0.25, 0.3) is 0 Å². The Morgan fingerprint density at radius 3 is 3.00 bits per heavy atom. The monoisotopic (exact) mass is 235 g/mol. The number of hydrogen-bond donors (Lipinski definition) is 1. The maximum Gasteiger partial charge on any atom is 0.307 e. The van der Waals surface area contributed by atoms with Crippen LogP contribution in [-0.2, 0) is 9.53 Å². The molecule has 16 heavy (non-hydrogen) atoms. The van der Waals surface area contributed by atoms with Crippen LogP contribution < -0.4 is 5.73 Å². The molecule has 84 valence electrons. The highest BCUT2D eigenvalue weighted by molar-refractivity contribution is 7.17. The maximum absolute atomic E-state index is 11.2. The third kappa shape index (κ3) is 2.08. The molecule has 2 aromatic rings. The molecule has 0 bridgehead atoms. The number of rotatable bonds is 3. The van der Waals surface area contributed by atoms with E-state index in [9.17, 15) is 4.79 Å². The van der Waals surface area contributed by atoms with Gasteiger partial charge in [-0.25, -0.2) is 0 Å². The Hall–Kier alpha value is -1.39. The van der Waals surface area contributed by atoms with Crippen molar-refractivity contribution < 1.29 is 9.53 Å². The number of esters is 1. The van der Waals surface area contributed by atoms with Crippen molar-refractivity contribution >= 4 is 27.4 Å². The van der Waals surface area contributed by atoms with Crippen molar-refractivity contribution in [3.05, 3.63) is 35.2 Å². The van der Waals surface area contributed by atoms with E-state index in [-0.39, 0.29) is 18.4 Å². The Morgan fingerprint density at radius 1 is 1.50 bits per heavy atom. The zero-order valence-corrected chi connectivity index (χ0v) is 9.79. The predicted octanol–water partition coefficient (Wildman–Crippen LogP) is 2.46. The van der Waals surface area contributed by atoms with Gasteiger partial charge in [-0.3, -0.25) is 4.79 Å². The number of methoxy groups -OCH3 is 1. The molecule has 0 radical (unpaired) electrons. The third-order valence-electron chi connectivity index (χ3n) is 2.52. The van der Waals surface area contributed by atoms with Gasteiger partial charge >= 0.3 is 5.97 Å². The third-order valence-corrected chi connectivity index (χ3v) is 3.51. The highest BCUT2D eigenvalue weighted by atomic mass is 32.1. The predicted molar refractivity (Wildman–Crippen MR) is 65.4 cm³/mol. The van der Waals surface area contributed by atoms with E-state index in [0.29, 0.717) is 0 Å². The van der Waals surface area contributed by atoms with Crippen LogP contribution >= 0.6 is 11.3 Å². The van der Waals surface area contributed by atoms with Crippen LogP contribution in [0, 0.1) is 0 Å². The molecule has 1 unspecified atom stereocenters. The number of carbonyl (C=O) groups is 1. The maximum atomic E-state index is 11.2. The van der Waals surface area contributed by atoms with E-state index in [2.05, 4.69) is 4.74 Å². The molecule has 4 heteroatoms. The van der Waals surface area contributed by atoms with Gasteiger partial charge in [0.05, 0.1) is 13.5 Å². The first-order valence-electron chi connectivity index (χ1n) is 5.01. The molecular formula is C12H13NO2S. The van der Waals surface area contributed by atoms with Crippen LogP contribution in [0.25, 0.3) is 10.1 Å². The summed E-state index contributed by atoms with van der Waals surface area (Å²) in [6.07, 6.45) is 0.219. The number of hydrogen-bond acceptors (Lipinski definition) is 4. The Kier molecular flexibility index (Phi) is 3.22. The topological polar surface area (TPSA) is 52.3 Å². The molecule has 1 heterocycles. The van der Waals surface area contributed by atoms with Crippen LogP contribution in [-0.4, -0.2) is 13.1 Å². The number of ether oxygens (including phenoxy) is 1. The van der Waals surface area contributed by atoms with E-state index >= 15 is 0 Å². The van der Waals surface area contributed by atoms with Crippen molar-refractivity contribution in [2.75, 3.05) is 7.11 Å². The standard InChI is InChI=1S/C12H13NO2S/c1-15-12(14)6-10(13)9-7-16-11-5-3-2-4-8(9)11/h2-5,7,10H,6,13H2,1H3. The molecule has 0 saturated heterocycles. The lowest BCUT2D eigenvalue weighted by Crippen LogP contribution is -2.15. The summed E-state index contributed by atoms with van der Waals surface area (Å²) in [7, 11) is 1.38. The number of nitrogens with two attached hydrogens (primary N) is 1. The van der Waals surface area contributed by atoms with Crippen molar-refractivity contribution in [1.29, 1.82) is 0 Å². The van der Waals surface area contributed by atoms with Gasteiger partial charge in [-0.2, -0.15) is 0 Å². The van der Waals surface area contributed by atoms with E-state index in [0.717, 1.165) is 10.9 Å². The SMILES string of the molecule is COC(=O)CC(N)c1csc2ccccc12. The summed E-state index contributed by atoms with van der Waals surface area (Å²) < 4.78 is 5.81. The summed E-state index contributed by atoms with van der Waals surface area (Å²) in [5.41, 5.74) is 7.01. The van der Waals surface area contributed by atoms with Crippen molar-refractivity contribution in [3.8, 4) is 0 Å². The molecule has 1 aromatic heterocycles. The molecule has 0 aliphatic carbocycles. The van der Waals surface area contributed by atoms with E-state index in [1.807, 2.05) is 29.6 Å². The summed E-state index contributed by atoms with van der Waals surface area (Å²) in [5, 5.41) is 3.14. The molecule has 0 aliphatic rings. The molecule has 1 atom stereocenters. The first-order valence-corrected chi connectivity index (χ1v) is 5.89. The first kappa shape index (κ1) is 11.1. The largest absolute Gasteiger partial charge is 0.469 e. The van der Waals surface area contributed by atoms with Gasteiger partial charge in [-0.05, 0) is 22.4 Å². The average Bonchev–Trinajstić information content (AvgIpc) is 2.72. The molecule has 0 amide bonds. The number of fused-ring (bicyclic) bond motifs is 1. The molecule has 0 fully saturated rings. The lowest BCUT2D eigenvalue weighted by molar-refractivity contribution is -0.141. The number of benzene rings is 1. The fourth-order valence-corrected chi connectivity index (χ4v) is 2.68. The molecule has 0 spiro atoms. The van der Waals surface area contributed by atoms with Gasteiger partial charge in [0.15, 0.2) is 0 Å². The van der Waals surface area contributed by atoms with E-state index in [1.54, 1.807) is 11.3 Å². The van der Waals surface area contributed by atoms with Gasteiger partial charge in [0.2, 0.25) is 0 Å². The van der Waals surface area contributed by atoms with Crippen LogP contribution in [0.3, 0.4) is 0 Å². The second-order valence-corrected chi connectivity index (χ2v) is 4.49. The van der Waals surface area contributed by atoms with Gasteiger partial charge in [-0.1, -0.05) is 18.2 Å². The van der Waals surface area contributed by atoms with Crippen LogP contribution in [0.15, 0.2) is 29.6 Å². The van der Waals surface area contributed by atoms with Crippen molar-refractivity contribution in [2.24, 2.45) is 5.73 Å². The first-order chi connectivity index (χ1) is 7.72. The van der Waals surface area contributed by atoms with Gasteiger partial charge < -0.3 is 10.5 Å². The molecule has 3 nitrogen and oxygen atoms in total. The minimum atomic E-state index is -0.288. The minimum Gasteiger partial charge on any atom is -0.469 e. The summed E-state index contributed by atoms with van der Waals surface area (Å²) in [4.78, 5) is 11.2. The fraction of sp³-hybridized carbons (Fsp3) is 0.250. The van der Waals surface area contributed by atoms with E-state index in [4.69, 9.17) is 5.73 Å². The van der Waals surface area contributed by atoms with Gasteiger partial charge in [0.1, 0.15) is 0 Å². The molecule has 0 aliphatic heterocycles. The second-order valence-electron chi connectivity index (χ2n) is 3.57. The zero-order chi connectivity index (χ0) is 11.5. The van der Waals surface area contributed by atoms with Gasteiger partial charge in [0, 0.05) is 10.7 Å². The van der Waals surface area contributed by atoms with Crippen LogP contribution in [0.5, 0.6) is 0 Å². The molecule has 2 N–H and O–H groups in total. The zero-order valence-electron chi connectivity index (χ0n) is 8.97. The van der Waals surface area contributed by atoms with Crippen molar-refractivity contribution in [2.45, 2.75) is 12.5 Å². The molecule has 1 aromatic carbocycles. The molecule has 0 saturated carbocycles. The lowest BCUT2D eigenvalue weighted by Gasteiger charge is -2.08. The molecular weight excluding hydrogens is 222 g/mol. The number of carbonyl (C=O) groups excluding carboxylic acids is 1. The van der Waals surface area contributed by atoms with E-state index in [1.165, 1.54) is 11.8 Å². The van der Waals surface area contributed by atoms with Crippen LogP contribution in [0.2, 0.25) is 0 Å². The minimum absolute atomic E-state index is 0.219. The van der Waals surface area contributed by atoms with Gasteiger partial charge in [-0.15, -0.1) is 11.3 Å². The summed E-state index contributed by atoms with van der Waals surface area (Å²) in [6, 6.07) is 7.76. The summed E-state index contributed by atoms with van der Waals surface area (Å²) in [5.74, 6) is -0.275. The Labute approximate surface area is 97.8 Å². The smallest absolute Gasteiger partial charge is 0.307 e. The van der Waals surface area contributed by atoms with Crippen LogP contribution in [0.4, 0.5) is 0 Å². The fourth-order valence-electron chi connectivity index (χ4n) is 1.66. The normalized spacial score (nSPS) is 12.6. The average molecular weight is 235 g/mol. The molecule has 2 rings (SSSR count). The Morgan fingerprint density at radius 2 is 2.25 bits per heavy atom. The summed E-state index contributed by atoms with van der Waals surface area (Å²) in [6.45, 7) is 0. The van der Waals surface area contributed by atoms with E-state index < -0.39 is 0 Å². The Balaban J connectivity index is 2.29. The summed E-state index contributed by atoms with van der Waals surface area (Å²) >= 11 is 1.64. The number of thiophene rings is 1. The lowest BCUT2D eigenvalue weighted by atomic mass is 10.0. The quantitative estimate of drug-likeness (QED) is 0.831. The van der Waals surface area contributed by atoms with Crippen molar-refractivity contribution in [3.63, 3.8) is 0 Å². The second kappa shape index (κ2) is 4.63. The van der Waals surface area contributed by atoms with Crippen molar-refractivity contribution in [1.82, 2.24) is 0 Å². The highest BCUT2D eigenvalue weighted by Gasteiger charge is 2.15.